The number of nitrogens with one attached hydrogen (secondary N) is 2. The minimum Gasteiger partial charge on any atom is -0.336 e. The molecule has 1 aliphatic heterocycles. The second-order valence-electron chi connectivity index (χ2n) is 6.68. The predicted octanol–water partition coefficient (Wildman–Crippen LogP) is 0.363. The number of hydrogen-bond acceptors (Lipinski definition) is 5. The molecule has 0 saturated carbocycles. The fourth-order valence-corrected chi connectivity index (χ4v) is 4.75. The Hall–Kier alpha value is -3.24. The number of H-pyrrole nitrogens is 2. The van der Waals surface area contributed by atoms with Crippen molar-refractivity contribution in [1.29, 1.82) is 0 Å². The molecule has 1 fully saturated rings. The van der Waals surface area contributed by atoms with E-state index in [1.54, 1.807) is 47.4 Å². The van der Waals surface area contributed by atoms with Crippen LogP contribution in [0, 0.1) is 0 Å². The lowest BCUT2D eigenvalue weighted by molar-refractivity contribution is 0.0698. The minimum atomic E-state index is -3.59. The third kappa shape index (κ3) is 3.59. The van der Waals surface area contributed by atoms with Crippen LogP contribution in [0.2, 0.25) is 0 Å². The van der Waals surface area contributed by atoms with E-state index in [1.807, 2.05) is 0 Å². The maximum absolute atomic E-state index is 12.8. The zero-order valence-electron chi connectivity index (χ0n) is 15.3. The zero-order valence-corrected chi connectivity index (χ0v) is 16.1. The first kappa shape index (κ1) is 19.1. The molecule has 1 aromatic heterocycles. The number of aromatic nitrogens is 2. The fraction of sp³-hybridized carbons (Fsp3) is 0.211. The van der Waals surface area contributed by atoms with Gasteiger partial charge in [0.25, 0.3) is 5.91 Å². The second-order valence-corrected chi connectivity index (χ2v) is 8.62. The molecular formula is C19H18N4O5S. The average molecular weight is 414 g/mol. The largest absolute Gasteiger partial charge is 0.336 e. The Morgan fingerprint density at radius 1 is 0.828 bits per heavy atom. The summed E-state index contributed by atoms with van der Waals surface area (Å²) in [6.07, 6.45) is 0. The van der Waals surface area contributed by atoms with E-state index in [0.717, 1.165) is 0 Å². The molecule has 0 radical (unpaired) electrons. The van der Waals surface area contributed by atoms with Crippen molar-refractivity contribution in [2.75, 3.05) is 26.2 Å². The van der Waals surface area contributed by atoms with E-state index in [2.05, 4.69) is 9.97 Å². The molecule has 150 valence electrons. The molecule has 2 aromatic carbocycles. The summed E-state index contributed by atoms with van der Waals surface area (Å²) in [6.45, 7) is 0.900. The van der Waals surface area contributed by atoms with Crippen LogP contribution in [0.1, 0.15) is 10.4 Å². The number of carbonyl (C=O) groups excluding carboxylic acids is 1. The molecule has 0 unspecified atom stereocenters. The smallest absolute Gasteiger partial charge is 0.314 e. The third-order valence-electron chi connectivity index (χ3n) is 4.88. The lowest BCUT2D eigenvalue weighted by atomic mass is 10.1. The average Bonchev–Trinajstić information content (AvgIpc) is 2.74. The summed E-state index contributed by atoms with van der Waals surface area (Å²) >= 11 is 0. The topological polar surface area (TPSA) is 123 Å². The van der Waals surface area contributed by atoms with Crippen LogP contribution < -0.4 is 11.1 Å². The van der Waals surface area contributed by atoms with Gasteiger partial charge in [0.2, 0.25) is 10.0 Å². The normalized spacial score (nSPS) is 15.5. The molecule has 0 spiro atoms. The van der Waals surface area contributed by atoms with Gasteiger partial charge in [0.05, 0.1) is 15.9 Å². The summed E-state index contributed by atoms with van der Waals surface area (Å²) in [7, 11) is -3.59. The Labute approximate surface area is 165 Å². The standard InChI is InChI=1S/C19H18N4O5S/c24-17-18(25)21-16-12-13(6-7-15(16)20-17)19(26)22-8-10-23(11-9-22)29(27,28)14-4-2-1-3-5-14/h1-7,12H,8-11H2,(H,20,24)(H,21,25). The van der Waals surface area contributed by atoms with Gasteiger partial charge in [-0.15, -0.1) is 0 Å². The highest BCUT2D eigenvalue weighted by atomic mass is 32.2. The van der Waals surface area contributed by atoms with Crippen LogP contribution in [-0.4, -0.2) is 59.7 Å². The fourth-order valence-electron chi connectivity index (χ4n) is 3.30. The van der Waals surface area contributed by atoms with Crippen LogP contribution >= 0.6 is 0 Å². The van der Waals surface area contributed by atoms with Crippen LogP contribution in [0.5, 0.6) is 0 Å². The molecule has 2 heterocycles. The molecule has 0 bridgehead atoms. The molecule has 1 aliphatic rings. The number of piperazine rings is 1. The third-order valence-corrected chi connectivity index (χ3v) is 6.79. The van der Waals surface area contributed by atoms with Crippen LogP contribution in [0.25, 0.3) is 11.0 Å². The molecule has 3 aromatic rings. The number of hydrogen-bond donors (Lipinski definition) is 2. The molecule has 9 nitrogen and oxygen atoms in total. The van der Waals surface area contributed by atoms with E-state index >= 15 is 0 Å². The number of aromatic amines is 2. The summed E-state index contributed by atoms with van der Waals surface area (Å²) in [5.74, 6) is -0.268. The lowest BCUT2D eigenvalue weighted by Gasteiger charge is -2.34. The van der Waals surface area contributed by atoms with Gasteiger partial charge in [-0.05, 0) is 30.3 Å². The Bertz CT molecular complexity index is 1290. The Kier molecular flexibility index (Phi) is 4.81. The van der Waals surface area contributed by atoms with Crippen molar-refractivity contribution < 1.29 is 13.2 Å². The molecule has 29 heavy (non-hydrogen) atoms. The van der Waals surface area contributed by atoms with Gasteiger partial charge in [0.15, 0.2) is 0 Å². The van der Waals surface area contributed by atoms with Crippen LogP contribution in [0.4, 0.5) is 0 Å². The highest BCUT2D eigenvalue weighted by Gasteiger charge is 2.30. The molecule has 2 N–H and O–H groups in total. The van der Waals surface area contributed by atoms with E-state index in [4.69, 9.17) is 0 Å². The molecule has 0 atom stereocenters. The van der Waals surface area contributed by atoms with Crippen molar-refractivity contribution >= 4 is 27.0 Å². The van der Waals surface area contributed by atoms with Crippen molar-refractivity contribution in [3.63, 3.8) is 0 Å². The van der Waals surface area contributed by atoms with E-state index in [1.165, 1.54) is 10.4 Å². The predicted molar refractivity (Wildman–Crippen MR) is 106 cm³/mol. The maximum atomic E-state index is 12.8. The summed E-state index contributed by atoms with van der Waals surface area (Å²) in [6, 6.07) is 12.8. The van der Waals surface area contributed by atoms with E-state index < -0.39 is 21.1 Å². The van der Waals surface area contributed by atoms with Crippen molar-refractivity contribution in [3.8, 4) is 0 Å². The van der Waals surface area contributed by atoms with Gasteiger partial charge in [-0.1, -0.05) is 18.2 Å². The van der Waals surface area contributed by atoms with E-state index in [0.29, 0.717) is 16.6 Å². The highest BCUT2D eigenvalue weighted by Crippen LogP contribution is 2.19. The number of carbonyl (C=O) groups is 1. The molecule has 0 aliphatic carbocycles. The van der Waals surface area contributed by atoms with Gasteiger partial charge in [0.1, 0.15) is 0 Å². The molecule has 4 rings (SSSR count). The summed E-state index contributed by atoms with van der Waals surface area (Å²) in [5.41, 5.74) is -0.426. The van der Waals surface area contributed by atoms with Gasteiger partial charge in [-0.2, -0.15) is 4.31 Å². The quantitative estimate of drug-likeness (QED) is 0.599. The molecular weight excluding hydrogens is 396 g/mol. The molecule has 1 amide bonds. The van der Waals surface area contributed by atoms with Gasteiger partial charge in [-0.3, -0.25) is 14.4 Å². The number of amides is 1. The van der Waals surface area contributed by atoms with E-state index in [-0.39, 0.29) is 37.0 Å². The first-order valence-electron chi connectivity index (χ1n) is 8.97. The first-order valence-corrected chi connectivity index (χ1v) is 10.4. The number of sulfonamides is 1. The van der Waals surface area contributed by atoms with Crippen molar-refractivity contribution in [3.05, 3.63) is 74.8 Å². The maximum Gasteiger partial charge on any atom is 0.314 e. The summed E-state index contributed by atoms with van der Waals surface area (Å²) in [5, 5.41) is 0. The monoisotopic (exact) mass is 414 g/mol. The zero-order chi connectivity index (χ0) is 20.6. The SMILES string of the molecule is O=C(c1ccc2[nH]c(=O)c(=O)[nH]c2c1)N1CCN(S(=O)(=O)c2ccccc2)CC1. The summed E-state index contributed by atoms with van der Waals surface area (Å²) in [4.78, 5) is 42.4. The van der Waals surface area contributed by atoms with Crippen LogP contribution in [0.3, 0.4) is 0 Å². The Morgan fingerprint density at radius 3 is 2.10 bits per heavy atom. The van der Waals surface area contributed by atoms with Gasteiger partial charge in [0, 0.05) is 31.7 Å². The molecule has 10 heteroatoms. The van der Waals surface area contributed by atoms with Gasteiger partial charge in [-0.25, -0.2) is 8.42 Å². The van der Waals surface area contributed by atoms with Gasteiger partial charge >= 0.3 is 11.1 Å². The second kappa shape index (κ2) is 7.30. The first-order chi connectivity index (χ1) is 13.9. The van der Waals surface area contributed by atoms with Crippen molar-refractivity contribution in [2.45, 2.75) is 4.90 Å². The van der Waals surface area contributed by atoms with Gasteiger partial charge < -0.3 is 14.9 Å². The number of nitrogens with zero attached hydrogens (tertiary/aromatic N) is 2. The number of benzene rings is 2. The van der Waals surface area contributed by atoms with E-state index in [9.17, 15) is 22.8 Å². The van der Waals surface area contributed by atoms with Crippen molar-refractivity contribution in [2.24, 2.45) is 0 Å². The number of fused-ring (bicyclic) bond motifs is 1. The number of rotatable bonds is 3. The highest BCUT2D eigenvalue weighted by molar-refractivity contribution is 7.89. The minimum absolute atomic E-state index is 0.195. The Morgan fingerprint density at radius 2 is 1.45 bits per heavy atom. The van der Waals surface area contributed by atoms with Crippen LogP contribution in [-0.2, 0) is 10.0 Å². The lowest BCUT2D eigenvalue weighted by Crippen LogP contribution is -2.50. The van der Waals surface area contributed by atoms with Crippen LogP contribution in [0.15, 0.2) is 63.0 Å². The Balaban J connectivity index is 1.51. The van der Waals surface area contributed by atoms with Crippen molar-refractivity contribution in [1.82, 2.24) is 19.2 Å². The summed E-state index contributed by atoms with van der Waals surface area (Å²) < 4.78 is 26.8. The molecule has 1 saturated heterocycles.